The van der Waals surface area contributed by atoms with E-state index in [0.717, 1.165) is 33.1 Å². The van der Waals surface area contributed by atoms with Gasteiger partial charge >= 0.3 is 0 Å². The monoisotopic (exact) mass is 405 g/mol. The molecule has 2 aliphatic heterocycles. The van der Waals surface area contributed by atoms with Gasteiger partial charge in [0.1, 0.15) is 12.7 Å². The van der Waals surface area contributed by atoms with Crippen molar-refractivity contribution in [3.8, 4) is 11.5 Å². The zero-order chi connectivity index (χ0) is 19.6. The second-order valence-corrected chi connectivity index (χ2v) is 7.78. The molecule has 0 saturated carbocycles. The van der Waals surface area contributed by atoms with Crippen LogP contribution in [0.4, 0.5) is 11.4 Å². The Morgan fingerprint density at radius 2 is 1.93 bits per heavy atom. The highest BCUT2D eigenvalue weighted by atomic mass is 32.2. The molecule has 0 spiro atoms. The van der Waals surface area contributed by atoms with E-state index >= 15 is 0 Å². The molecule has 29 heavy (non-hydrogen) atoms. The molecule has 0 aliphatic carbocycles. The van der Waals surface area contributed by atoms with Crippen LogP contribution in [-0.4, -0.2) is 36.1 Å². The molecule has 0 fully saturated rings. The molecule has 0 saturated heterocycles. The predicted octanol–water partition coefficient (Wildman–Crippen LogP) is 3.94. The molecule has 0 bridgehead atoms. The number of hydrogen-bond donors (Lipinski definition) is 2. The third-order valence-electron chi connectivity index (χ3n) is 4.78. The first kappa shape index (κ1) is 17.9. The third-order valence-corrected chi connectivity index (χ3v) is 5.65. The summed E-state index contributed by atoms with van der Waals surface area (Å²) < 4.78 is 11.5. The molecule has 146 valence electrons. The number of carbonyl (C=O) groups excluding carboxylic acids is 1. The van der Waals surface area contributed by atoms with E-state index in [0.29, 0.717) is 18.9 Å². The summed E-state index contributed by atoms with van der Waals surface area (Å²) >= 11 is 1.38. The summed E-state index contributed by atoms with van der Waals surface area (Å²) in [5.41, 5.74) is 1.94. The van der Waals surface area contributed by atoms with E-state index in [1.807, 2.05) is 48.5 Å². The fraction of sp³-hybridized carbons (Fsp3) is 0.182. The zero-order valence-electron chi connectivity index (χ0n) is 15.6. The number of para-hydroxylation sites is 2. The Hall–Kier alpha value is -3.19. The van der Waals surface area contributed by atoms with E-state index in [-0.39, 0.29) is 17.8 Å². The highest BCUT2D eigenvalue weighted by molar-refractivity contribution is 8.14. The number of amidine groups is 1. The van der Waals surface area contributed by atoms with Crippen LogP contribution in [0.25, 0.3) is 10.8 Å². The smallest absolute Gasteiger partial charge is 0.230 e. The van der Waals surface area contributed by atoms with Crippen LogP contribution in [0, 0.1) is 0 Å². The van der Waals surface area contributed by atoms with Gasteiger partial charge in [0.2, 0.25) is 5.91 Å². The predicted molar refractivity (Wildman–Crippen MR) is 116 cm³/mol. The van der Waals surface area contributed by atoms with E-state index in [1.54, 1.807) is 0 Å². The number of rotatable bonds is 4. The van der Waals surface area contributed by atoms with Crippen LogP contribution in [0.1, 0.15) is 0 Å². The second kappa shape index (κ2) is 7.67. The molecule has 1 atom stereocenters. The maximum Gasteiger partial charge on any atom is 0.230 e. The molecule has 0 unspecified atom stereocenters. The van der Waals surface area contributed by atoms with E-state index in [1.165, 1.54) is 11.8 Å². The van der Waals surface area contributed by atoms with Crippen LogP contribution in [-0.2, 0) is 4.79 Å². The van der Waals surface area contributed by atoms with Crippen LogP contribution in [0.3, 0.4) is 0 Å². The van der Waals surface area contributed by atoms with E-state index in [2.05, 4.69) is 27.8 Å². The number of aliphatic imine (C=N–C) groups is 1. The lowest BCUT2D eigenvalue weighted by Crippen LogP contribution is -2.41. The van der Waals surface area contributed by atoms with E-state index in [4.69, 9.17) is 9.47 Å². The van der Waals surface area contributed by atoms with Gasteiger partial charge in [-0.2, -0.15) is 0 Å². The Labute approximate surface area is 172 Å². The van der Waals surface area contributed by atoms with Gasteiger partial charge < -0.3 is 20.1 Å². The zero-order valence-corrected chi connectivity index (χ0v) is 16.4. The summed E-state index contributed by atoms with van der Waals surface area (Å²) in [7, 11) is 0. The number of nitrogens with zero attached hydrogens (tertiary/aromatic N) is 1. The minimum atomic E-state index is -0.200. The fourth-order valence-electron chi connectivity index (χ4n) is 3.42. The number of fused-ring (bicyclic) bond motifs is 1. The minimum Gasteiger partial charge on any atom is -0.486 e. The SMILES string of the molecule is O=C(CSC1=Nc2cccc3cccc(c23)N1)NC[C@H]1COc2ccccc2O1. The number of benzene rings is 3. The number of amides is 1. The number of thioether (sulfide) groups is 1. The van der Waals surface area contributed by atoms with Crippen LogP contribution in [0.15, 0.2) is 65.7 Å². The Morgan fingerprint density at radius 3 is 2.83 bits per heavy atom. The van der Waals surface area contributed by atoms with Crippen molar-refractivity contribution in [1.82, 2.24) is 5.32 Å². The van der Waals surface area contributed by atoms with Crippen molar-refractivity contribution in [3.63, 3.8) is 0 Å². The van der Waals surface area contributed by atoms with Crippen molar-refractivity contribution in [2.75, 3.05) is 24.2 Å². The molecule has 0 radical (unpaired) electrons. The largest absolute Gasteiger partial charge is 0.486 e. The van der Waals surface area contributed by atoms with Crippen LogP contribution in [0.2, 0.25) is 0 Å². The summed E-state index contributed by atoms with van der Waals surface area (Å²) in [4.78, 5) is 17.0. The summed E-state index contributed by atoms with van der Waals surface area (Å²) in [5.74, 6) is 1.65. The molecule has 0 aromatic heterocycles. The van der Waals surface area contributed by atoms with Gasteiger partial charge in [0.05, 0.1) is 23.7 Å². The Kier molecular flexibility index (Phi) is 4.73. The summed E-state index contributed by atoms with van der Waals surface area (Å²) in [5, 5.41) is 9.21. The van der Waals surface area contributed by atoms with Gasteiger partial charge in [-0.25, -0.2) is 4.99 Å². The quantitative estimate of drug-likeness (QED) is 0.688. The Balaban J connectivity index is 1.16. The van der Waals surface area contributed by atoms with Crippen molar-refractivity contribution in [3.05, 3.63) is 60.7 Å². The van der Waals surface area contributed by atoms with Crippen LogP contribution >= 0.6 is 11.8 Å². The molecule has 2 heterocycles. The molecule has 2 N–H and O–H groups in total. The molecule has 7 heteroatoms. The summed E-state index contributed by atoms with van der Waals surface area (Å²) in [6.07, 6.45) is -0.200. The molecule has 5 rings (SSSR count). The number of carbonyl (C=O) groups is 1. The first-order valence-corrected chi connectivity index (χ1v) is 10.4. The second-order valence-electron chi connectivity index (χ2n) is 6.81. The highest BCUT2D eigenvalue weighted by Gasteiger charge is 2.21. The van der Waals surface area contributed by atoms with E-state index < -0.39 is 0 Å². The maximum atomic E-state index is 12.3. The average Bonchev–Trinajstić information content (AvgIpc) is 2.76. The van der Waals surface area contributed by atoms with Crippen molar-refractivity contribution < 1.29 is 14.3 Å². The fourth-order valence-corrected chi connectivity index (χ4v) is 4.13. The molecular weight excluding hydrogens is 386 g/mol. The molecule has 3 aromatic carbocycles. The standard InChI is InChI=1S/C22H19N3O3S/c26-20(23-11-15-12-27-18-9-1-2-10-19(18)28-15)13-29-22-24-16-7-3-5-14-6-4-8-17(25-22)21(14)16/h1-10,15H,11-13H2,(H,23,26)(H,24,25)/t15-/m0/s1. The Morgan fingerprint density at radius 1 is 1.10 bits per heavy atom. The van der Waals surface area contributed by atoms with Crippen LogP contribution in [0.5, 0.6) is 11.5 Å². The van der Waals surface area contributed by atoms with Crippen LogP contribution < -0.4 is 20.1 Å². The van der Waals surface area contributed by atoms with E-state index in [9.17, 15) is 4.79 Å². The number of hydrogen-bond acceptors (Lipinski definition) is 6. The normalized spacial score (nSPS) is 16.7. The highest BCUT2D eigenvalue weighted by Crippen LogP contribution is 2.36. The number of anilines is 1. The first-order chi connectivity index (χ1) is 14.3. The van der Waals surface area contributed by atoms with Gasteiger partial charge in [0, 0.05) is 5.39 Å². The summed E-state index contributed by atoms with van der Waals surface area (Å²) in [6, 6.07) is 19.7. The maximum absolute atomic E-state index is 12.3. The van der Waals surface area contributed by atoms with Gasteiger partial charge in [0.25, 0.3) is 0 Å². The number of ether oxygens (including phenoxy) is 2. The van der Waals surface area contributed by atoms with Gasteiger partial charge in [-0.1, -0.05) is 48.2 Å². The van der Waals surface area contributed by atoms with Gasteiger partial charge in [0.15, 0.2) is 16.7 Å². The number of nitrogens with one attached hydrogen (secondary N) is 2. The van der Waals surface area contributed by atoms with Gasteiger partial charge in [-0.05, 0) is 29.7 Å². The lowest BCUT2D eigenvalue weighted by atomic mass is 10.1. The molecule has 6 nitrogen and oxygen atoms in total. The third kappa shape index (κ3) is 3.73. The molecule has 2 aliphatic rings. The molecule has 1 amide bonds. The van der Waals surface area contributed by atoms with Crippen molar-refractivity contribution in [2.45, 2.75) is 6.10 Å². The Bertz CT molecular complexity index is 1110. The van der Waals surface area contributed by atoms with Crippen molar-refractivity contribution >= 4 is 45.0 Å². The van der Waals surface area contributed by atoms with Crippen molar-refractivity contribution in [1.29, 1.82) is 0 Å². The van der Waals surface area contributed by atoms with Crippen molar-refractivity contribution in [2.24, 2.45) is 4.99 Å². The first-order valence-electron chi connectivity index (χ1n) is 9.42. The van der Waals surface area contributed by atoms with Gasteiger partial charge in [-0.15, -0.1) is 0 Å². The summed E-state index contributed by atoms with van der Waals surface area (Å²) in [6.45, 7) is 0.815. The molecule has 3 aromatic rings. The molecular formula is C22H19N3O3S. The lowest BCUT2D eigenvalue weighted by Gasteiger charge is -2.26. The topological polar surface area (TPSA) is 72.0 Å². The average molecular weight is 405 g/mol. The lowest BCUT2D eigenvalue weighted by molar-refractivity contribution is -0.119. The minimum absolute atomic E-state index is 0.0703. The van der Waals surface area contributed by atoms with Gasteiger partial charge in [-0.3, -0.25) is 4.79 Å².